The minimum absolute atomic E-state index is 0.250. The predicted octanol–water partition coefficient (Wildman–Crippen LogP) is 3.01. The molecule has 0 aliphatic heterocycles. The number of ether oxygens (including phenoxy) is 1. The summed E-state index contributed by atoms with van der Waals surface area (Å²) in [5, 5.41) is 3.41. The van der Waals surface area contributed by atoms with E-state index in [0.717, 1.165) is 24.5 Å². The van der Waals surface area contributed by atoms with Crippen molar-refractivity contribution in [2.24, 2.45) is 0 Å². The van der Waals surface area contributed by atoms with E-state index in [1.54, 1.807) is 12.3 Å². The lowest BCUT2D eigenvalue weighted by Gasteiger charge is -2.07. The van der Waals surface area contributed by atoms with Crippen LogP contribution in [0.1, 0.15) is 6.42 Å². The van der Waals surface area contributed by atoms with Gasteiger partial charge in [0, 0.05) is 12.7 Å². The number of benzene rings is 1. The Bertz CT molecular complexity index is 479. The monoisotopic (exact) mass is 263 g/mol. The molecular weight excluding hydrogens is 250 g/mol. The average Bonchev–Trinajstić information content (AvgIpc) is 2.40. The minimum atomic E-state index is 0.250. The Hall–Kier alpha value is -1.81. The number of nitrogens with one attached hydrogen (secondary N) is 1. The topological polar surface area (TPSA) is 47.0 Å². The van der Waals surface area contributed by atoms with Gasteiger partial charge in [-0.2, -0.15) is 0 Å². The maximum atomic E-state index is 5.68. The second kappa shape index (κ2) is 6.81. The van der Waals surface area contributed by atoms with Crippen LogP contribution in [0.5, 0.6) is 5.75 Å². The van der Waals surface area contributed by atoms with Gasteiger partial charge in [-0.15, -0.1) is 0 Å². The Kier molecular flexibility index (Phi) is 4.78. The first kappa shape index (κ1) is 12.6. The SMILES string of the molecule is Clc1nccc(NCCCOc2ccccc2)n1. The second-order valence-corrected chi connectivity index (χ2v) is 3.99. The fourth-order valence-electron chi connectivity index (χ4n) is 1.43. The molecule has 0 bridgehead atoms. The highest BCUT2D eigenvalue weighted by Gasteiger charge is 1.96. The summed E-state index contributed by atoms with van der Waals surface area (Å²) in [5.74, 6) is 1.62. The van der Waals surface area contributed by atoms with E-state index in [0.29, 0.717) is 6.61 Å². The average molecular weight is 264 g/mol. The van der Waals surface area contributed by atoms with Crippen LogP contribution in [0.3, 0.4) is 0 Å². The van der Waals surface area contributed by atoms with Crippen molar-refractivity contribution in [2.45, 2.75) is 6.42 Å². The van der Waals surface area contributed by atoms with Crippen molar-refractivity contribution in [2.75, 3.05) is 18.5 Å². The van der Waals surface area contributed by atoms with Crippen LogP contribution in [0.4, 0.5) is 5.82 Å². The molecular formula is C13H14ClN3O. The zero-order chi connectivity index (χ0) is 12.6. The predicted molar refractivity (Wildman–Crippen MR) is 72.1 cm³/mol. The summed E-state index contributed by atoms with van der Waals surface area (Å²) in [4.78, 5) is 7.84. The molecule has 18 heavy (non-hydrogen) atoms. The van der Waals surface area contributed by atoms with E-state index in [4.69, 9.17) is 16.3 Å². The first-order chi connectivity index (χ1) is 8.84. The summed E-state index contributed by atoms with van der Waals surface area (Å²) in [7, 11) is 0. The molecule has 2 aromatic rings. The molecule has 0 unspecified atom stereocenters. The van der Waals surface area contributed by atoms with Crippen LogP contribution in [0, 0.1) is 0 Å². The summed E-state index contributed by atoms with van der Waals surface area (Å²) in [6.45, 7) is 1.44. The van der Waals surface area contributed by atoms with Gasteiger partial charge in [0.2, 0.25) is 5.28 Å². The summed E-state index contributed by atoms with van der Waals surface area (Å²) in [5.41, 5.74) is 0. The number of nitrogens with zero attached hydrogens (tertiary/aromatic N) is 2. The number of hydrogen-bond acceptors (Lipinski definition) is 4. The molecule has 0 aliphatic carbocycles. The highest BCUT2D eigenvalue weighted by Crippen LogP contribution is 2.09. The van der Waals surface area contributed by atoms with Gasteiger partial charge in [-0.3, -0.25) is 0 Å². The van der Waals surface area contributed by atoms with Gasteiger partial charge in [-0.25, -0.2) is 9.97 Å². The van der Waals surface area contributed by atoms with E-state index in [2.05, 4.69) is 15.3 Å². The fourth-order valence-corrected chi connectivity index (χ4v) is 1.58. The standard InChI is InChI=1S/C13H14ClN3O/c14-13-16-9-7-12(17-13)15-8-4-10-18-11-5-2-1-3-6-11/h1-3,5-7,9H,4,8,10H2,(H,15,16,17). The van der Waals surface area contributed by atoms with Crippen molar-refractivity contribution in [3.63, 3.8) is 0 Å². The first-order valence-corrected chi connectivity index (χ1v) is 6.13. The van der Waals surface area contributed by atoms with Crippen LogP contribution < -0.4 is 10.1 Å². The smallest absolute Gasteiger partial charge is 0.224 e. The van der Waals surface area contributed by atoms with Crippen LogP contribution in [-0.4, -0.2) is 23.1 Å². The lowest BCUT2D eigenvalue weighted by atomic mass is 10.3. The Morgan fingerprint density at radius 3 is 2.78 bits per heavy atom. The zero-order valence-corrected chi connectivity index (χ0v) is 10.6. The molecule has 94 valence electrons. The largest absolute Gasteiger partial charge is 0.494 e. The molecule has 0 saturated heterocycles. The van der Waals surface area contributed by atoms with E-state index < -0.39 is 0 Å². The molecule has 0 aliphatic rings. The summed E-state index contributed by atoms with van der Waals surface area (Å²) >= 11 is 5.68. The Morgan fingerprint density at radius 2 is 2.00 bits per heavy atom. The van der Waals surface area contributed by atoms with Crippen molar-refractivity contribution in [3.8, 4) is 5.75 Å². The molecule has 1 N–H and O–H groups in total. The van der Waals surface area contributed by atoms with Crippen LogP contribution >= 0.6 is 11.6 Å². The number of aromatic nitrogens is 2. The zero-order valence-electron chi connectivity index (χ0n) is 9.84. The lowest BCUT2D eigenvalue weighted by molar-refractivity contribution is 0.315. The maximum absolute atomic E-state index is 5.68. The summed E-state index contributed by atoms with van der Waals surface area (Å²) < 4.78 is 5.57. The Labute approximate surface area is 111 Å². The van der Waals surface area contributed by atoms with Gasteiger partial charge in [-0.05, 0) is 36.2 Å². The number of hydrogen-bond donors (Lipinski definition) is 1. The second-order valence-electron chi connectivity index (χ2n) is 3.65. The van der Waals surface area contributed by atoms with E-state index in [-0.39, 0.29) is 5.28 Å². The van der Waals surface area contributed by atoms with Gasteiger partial charge < -0.3 is 10.1 Å². The van der Waals surface area contributed by atoms with Gasteiger partial charge in [-0.1, -0.05) is 18.2 Å². The molecule has 0 spiro atoms. The van der Waals surface area contributed by atoms with Gasteiger partial charge >= 0.3 is 0 Å². The highest BCUT2D eigenvalue weighted by molar-refractivity contribution is 6.28. The molecule has 0 saturated carbocycles. The molecule has 0 atom stereocenters. The lowest BCUT2D eigenvalue weighted by Crippen LogP contribution is -2.08. The first-order valence-electron chi connectivity index (χ1n) is 5.75. The van der Waals surface area contributed by atoms with Crippen LogP contribution in [0.25, 0.3) is 0 Å². The third-order valence-electron chi connectivity index (χ3n) is 2.27. The fraction of sp³-hybridized carbons (Fsp3) is 0.231. The quantitative estimate of drug-likeness (QED) is 0.643. The normalized spacial score (nSPS) is 10.1. The van der Waals surface area contributed by atoms with Gasteiger partial charge in [0.25, 0.3) is 0 Å². The maximum Gasteiger partial charge on any atom is 0.224 e. The third kappa shape index (κ3) is 4.22. The molecule has 0 amide bonds. The van der Waals surface area contributed by atoms with E-state index in [1.165, 1.54) is 0 Å². The van der Waals surface area contributed by atoms with Crippen molar-refractivity contribution >= 4 is 17.4 Å². The van der Waals surface area contributed by atoms with Gasteiger partial charge in [0.15, 0.2) is 0 Å². The molecule has 2 rings (SSSR count). The van der Waals surface area contributed by atoms with Crippen molar-refractivity contribution in [1.82, 2.24) is 9.97 Å². The molecule has 4 nitrogen and oxygen atoms in total. The molecule has 0 fully saturated rings. The molecule has 1 aromatic heterocycles. The number of para-hydroxylation sites is 1. The minimum Gasteiger partial charge on any atom is -0.494 e. The number of anilines is 1. The molecule has 1 heterocycles. The van der Waals surface area contributed by atoms with Crippen LogP contribution in [0.2, 0.25) is 5.28 Å². The summed E-state index contributed by atoms with van der Waals surface area (Å²) in [6, 6.07) is 11.5. The van der Waals surface area contributed by atoms with Crippen LogP contribution in [-0.2, 0) is 0 Å². The van der Waals surface area contributed by atoms with Crippen molar-refractivity contribution in [1.29, 1.82) is 0 Å². The van der Waals surface area contributed by atoms with Crippen molar-refractivity contribution < 1.29 is 4.74 Å². The van der Waals surface area contributed by atoms with E-state index >= 15 is 0 Å². The highest BCUT2D eigenvalue weighted by atomic mass is 35.5. The van der Waals surface area contributed by atoms with Crippen LogP contribution in [0.15, 0.2) is 42.6 Å². The Morgan fingerprint density at radius 1 is 1.17 bits per heavy atom. The summed E-state index contributed by atoms with van der Waals surface area (Å²) in [6.07, 6.45) is 2.51. The van der Waals surface area contributed by atoms with Crippen molar-refractivity contribution in [3.05, 3.63) is 47.9 Å². The molecule has 1 aromatic carbocycles. The molecule has 5 heteroatoms. The Balaban J connectivity index is 1.65. The van der Waals surface area contributed by atoms with Gasteiger partial charge in [0.05, 0.1) is 6.61 Å². The van der Waals surface area contributed by atoms with E-state index in [9.17, 15) is 0 Å². The number of rotatable bonds is 6. The third-order valence-corrected chi connectivity index (χ3v) is 2.45. The van der Waals surface area contributed by atoms with E-state index in [1.807, 2.05) is 30.3 Å². The van der Waals surface area contributed by atoms with Gasteiger partial charge in [0.1, 0.15) is 11.6 Å². The molecule has 0 radical (unpaired) electrons. The number of halogens is 1.